The maximum absolute atomic E-state index is 4.20. The van der Waals surface area contributed by atoms with Gasteiger partial charge in [0, 0.05) is 13.6 Å². The quantitative estimate of drug-likeness (QED) is 0.838. The van der Waals surface area contributed by atoms with Crippen LogP contribution in [0.15, 0.2) is 18.5 Å². The summed E-state index contributed by atoms with van der Waals surface area (Å²) in [5.74, 6) is 0.730. The van der Waals surface area contributed by atoms with Crippen LogP contribution in [0.5, 0.6) is 0 Å². The van der Waals surface area contributed by atoms with Crippen molar-refractivity contribution >= 4 is 11.4 Å². The SMILES string of the molecule is CNc1cncc(NCC2C(C)(C)C2(C)C)c1. The zero-order valence-electron chi connectivity index (χ0n) is 11.5. The van der Waals surface area contributed by atoms with Gasteiger partial charge < -0.3 is 10.6 Å². The zero-order chi connectivity index (χ0) is 12.7. The summed E-state index contributed by atoms with van der Waals surface area (Å²) in [4.78, 5) is 4.20. The fourth-order valence-corrected chi connectivity index (χ4v) is 2.74. The first-order valence-corrected chi connectivity index (χ1v) is 6.26. The summed E-state index contributed by atoms with van der Waals surface area (Å²) in [5, 5.41) is 6.59. The molecule has 0 atom stereocenters. The number of hydrogen-bond donors (Lipinski definition) is 2. The van der Waals surface area contributed by atoms with Crippen LogP contribution in [0.3, 0.4) is 0 Å². The Morgan fingerprint density at radius 3 is 2.24 bits per heavy atom. The number of anilines is 2. The van der Waals surface area contributed by atoms with Gasteiger partial charge in [0.1, 0.15) is 0 Å². The largest absolute Gasteiger partial charge is 0.387 e. The highest BCUT2D eigenvalue weighted by Gasteiger charge is 2.63. The molecule has 1 aromatic heterocycles. The molecule has 3 heteroatoms. The second kappa shape index (κ2) is 3.90. The fraction of sp³-hybridized carbons (Fsp3) is 0.643. The van der Waals surface area contributed by atoms with Gasteiger partial charge in [-0.15, -0.1) is 0 Å². The van der Waals surface area contributed by atoms with Crippen LogP contribution in [0, 0.1) is 16.7 Å². The molecule has 2 rings (SSSR count). The molecule has 2 N–H and O–H groups in total. The first-order chi connectivity index (χ1) is 7.89. The second-order valence-electron chi connectivity index (χ2n) is 6.09. The van der Waals surface area contributed by atoms with Crippen molar-refractivity contribution < 1.29 is 0 Å². The first-order valence-electron chi connectivity index (χ1n) is 6.26. The Hall–Kier alpha value is -1.25. The van der Waals surface area contributed by atoms with Crippen molar-refractivity contribution in [3.8, 4) is 0 Å². The van der Waals surface area contributed by atoms with Gasteiger partial charge in [-0.05, 0) is 22.8 Å². The van der Waals surface area contributed by atoms with E-state index in [9.17, 15) is 0 Å². The van der Waals surface area contributed by atoms with Crippen molar-refractivity contribution in [1.29, 1.82) is 0 Å². The van der Waals surface area contributed by atoms with Crippen molar-refractivity contribution in [1.82, 2.24) is 4.98 Å². The molecule has 94 valence electrons. The molecule has 1 aliphatic rings. The molecule has 0 amide bonds. The van der Waals surface area contributed by atoms with Crippen LogP contribution in [-0.2, 0) is 0 Å². The van der Waals surface area contributed by atoms with Crippen molar-refractivity contribution in [2.75, 3.05) is 24.2 Å². The highest BCUT2D eigenvalue weighted by molar-refractivity contribution is 5.53. The molecule has 1 heterocycles. The van der Waals surface area contributed by atoms with E-state index in [2.05, 4.69) is 49.4 Å². The van der Waals surface area contributed by atoms with Crippen molar-refractivity contribution in [2.24, 2.45) is 16.7 Å². The third-order valence-corrected chi connectivity index (χ3v) is 4.86. The molecule has 0 spiro atoms. The molecule has 1 aliphatic carbocycles. The molecule has 17 heavy (non-hydrogen) atoms. The van der Waals surface area contributed by atoms with E-state index in [0.717, 1.165) is 23.8 Å². The minimum absolute atomic E-state index is 0.439. The Balaban J connectivity index is 1.95. The second-order valence-corrected chi connectivity index (χ2v) is 6.09. The third-order valence-electron chi connectivity index (χ3n) is 4.86. The van der Waals surface area contributed by atoms with E-state index >= 15 is 0 Å². The minimum Gasteiger partial charge on any atom is -0.387 e. The van der Waals surface area contributed by atoms with Crippen LogP contribution in [0.25, 0.3) is 0 Å². The van der Waals surface area contributed by atoms with Crippen LogP contribution in [-0.4, -0.2) is 18.6 Å². The first kappa shape index (κ1) is 12.2. The number of hydrogen-bond acceptors (Lipinski definition) is 3. The summed E-state index contributed by atoms with van der Waals surface area (Å²) in [6, 6.07) is 2.09. The van der Waals surface area contributed by atoms with E-state index in [-0.39, 0.29) is 0 Å². The molecule has 0 saturated heterocycles. The van der Waals surface area contributed by atoms with E-state index in [0.29, 0.717) is 10.8 Å². The van der Waals surface area contributed by atoms with Gasteiger partial charge in [-0.3, -0.25) is 4.98 Å². The number of nitrogens with zero attached hydrogens (tertiary/aromatic N) is 1. The molecule has 0 unspecified atom stereocenters. The lowest BCUT2D eigenvalue weighted by molar-refractivity contribution is 0.457. The normalized spacial score (nSPS) is 21.0. The lowest BCUT2D eigenvalue weighted by atomic mass is 10.0. The highest BCUT2D eigenvalue weighted by Crippen LogP contribution is 2.68. The standard InChI is InChI=1S/C14H23N3/c1-13(2)12(14(13,3)4)9-17-11-6-10(15-5)7-16-8-11/h6-8,12,15,17H,9H2,1-5H3. The van der Waals surface area contributed by atoms with Crippen LogP contribution < -0.4 is 10.6 Å². The Kier molecular flexibility index (Phi) is 2.80. The van der Waals surface area contributed by atoms with E-state index in [4.69, 9.17) is 0 Å². The number of pyridine rings is 1. The van der Waals surface area contributed by atoms with Gasteiger partial charge in [-0.1, -0.05) is 27.7 Å². The van der Waals surface area contributed by atoms with Gasteiger partial charge in [0.25, 0.3) is 0 Å². The summed E-state index contributed by atoms with van der Waals surface area (Å²) in [6.07, 6.45) is 3.71. The average Bonchev–Trinajstić information content (AvgIpc) is 2.67. The average molecular weight is 233 g/mol. The number of aromatic nitrogens is 1. The highest BCUT2D eigenvalue weighted by atomic mass is 14.9. The summed E-state index contributed by atoms with van der Waals surface area (Å²) in [6.45, 7) is 10.4. The lowest BCUT2D eigenvalue weighted by Crippen LogP contribution is -2.08. The topological polar surface area (TPSA) is 37.0 Å². The summed E-state index contributed by atoms with van der Waals surface area (Å²) < 4.78 is 0. The lowest BCUT2D eigenvalue weighted by Gasteiger charge is -2.08. The molecule has 0 aliphatic heterocycles. The Morgan fingerprint density at radius 2 is 1.71 bits per heavy atom. The van der Waals surface area contributed by atoms with E-state index in [1.165, 1.54) is 0 Å². The molecule has 1 aromatic rings. The molecule has 0 radical (unpaired) electrons. The molecule has 1 saturated carbocycles. The van der Waals surface area contributed by atoms with Gasteiger partial charge in [0.15, 0.2) is 0 Å². The Labute approximate surface area is 104 Å². The molecule has 0 aromatic carbocycles. The molecule has 1 fully saturated rings. The van der Waals surface area contributed by atoms with Crippen molar-refractivity contribution in [3.63, 3.8) is 0 Å². The predicted molar refractivity (Wildman–Crippen MR) is 73.3 cm³/mol. The third kappa shape index (κ3) is 1.99. The molecule has 0 bridgehead atoms. The summed E-state index contributed by atoms with van der Waals surface area (Å²) in [7, 11) is 1.91. The minimum atomic E-state index is 0.439. The van der Waals surface area contributed by atoms with Gasteiger partial charge in [0.05, 0.1) is 23.8 Å². The van der Waals surface area contributed by atoms with E-state index < -0.39 is 0 Å². The smallest absolute Gasteiger partial charge is 0.0547 e. The summed E-state index contributed by atoms with van der Waals surface area (Å²) in [5.41, 5.74) is 3.02. The fourth-order valence-electron chi connectivity index (χ4n) is 2.74. The maximum atomic E-state index is 4.20. The molecular weight excluding hydrogens is 210 g/mol. The maximum Gasteiger partial charge on any atom is 0.0547 e. The Bertz CT molecular complexity index is 396. The van der Waals surface area contributed by atoms with E-state index in [1.807, 2.05) is 19.4 Å². The van der Waals surface area contributed by atoms with Gasteiger partial charge in [0.2, 0.25) is 0 Å². The Morgan fingerprint density at radius 1 is 1.12 bits per heavy atom. The predicted octanol–water partition coefficient (Wildman–Crippen LogP) is 3.22. The molecular formula is C14H23N3. The van der Waals surface area contributed by atoms with Crippen LogP contribution in [0.2, 0.25) is 0 Å². The van der Waals surface area contributed by atoms with Crippen molar-refractivity contribution in [3.05, 3.63) is 18.5 Å². The van der Waals surface area contributed by atoms with Crippen LogP contribution in [0.1, 0.15) is 27.7 Å². The molecule has 3 nitrogen and oxygen atoms in total. The number of rotatable bonds is 4. The summed E-state index contributed by atoms with van der Waals surface area (Å²) >= 11 is 0. The zero-order valence-corrected chi connectivity index (χ0v) is 11.5. The van der Waals surface area contributed by atoms with Gasteiger partial charge in [-0.25, -0.2) is 0 Å². The number of nitrogens with one attached hydrogen (secondary N) is 2. The van der Waals surface area contributed by atoms with E-state index in [1.54, 1.807) is 0 Å². The van der Waals surface area contributed by atoms with Gasteiger partial charge >= 0.3 is 0 Å². The van der Waals surface area contributed by atoms with Crippen molar-refractivity contribution in [2.45, 2.75) is 27.7 Å². The van der Waals surface area contributed by atoms with Gasteiger partial charge in [-0.2, -0.15) is 0 Å². The monoisotopic (exact) mass is 233 g/mol. The van der Waals surface area contributed by atoms with Crippen LogP contribution >= 0.6 is 0 Å². The van der Waals surface area contributed by atoms with Crippen LogP contribution in [0.4, 0.5) is 11.4 Å².